The van der Waals surface area contributed by atoms with Gasteiger partial charge in [-0.05, 0) is 78.3 Å². The molecule has 2 heteroatoms. The highest BCUT2D eigenvalue weighted by Gasteiger charge is 2.23. The fourth-order valence-corrected chi connectivity index (χ4v) is 4.76. The summed E-state index contributed by atoms with van der Waals surface area (Å²) in [5.74, 6) is 0. The average Bonchev–Trinajstić information content (AvgIpc) is 2.76. The number of benzene rings is 4. The van der Waals surface area contributed by atoms with E-state index in [0.717, 1.165) is 16.8 Å². The smallest absolute Gasteiger partial charge is 0.113 e. The van der Waals surface area contributed by atoms with Gasteiger partial charge in [-0.1, -0.05) is 92.5 Å². The van der Waals surface area contributed by atoms with E-state index in [2.05, 4.69) is 119 Å². The Hall–Kier alpha value is -3.26. The van der Waals surface area contributed by atoms with E-state index >= 15 is 0 Å². The second-order valence-corrected chi connectivity index (χ2v) is 10.0. The third-order valence-electron chi connectivity index (χ3n) is 6.14. The molecule has 0 amide bonds. The van der Waals surface area contributed by atoms with E-state index in [1.807, 2.05) is 12.1 Å². The number of hydrogen-bond acceptors (Lipinski definition) is 1. The van der Waals surface area contributed by atoms with Crippen LogP contribution in [0.3, 0.4) is 0 Å². The molecule has 0 heterocycles. The molecular weight excluding hydrogens is 397 g/mol. The molecule has 0 aliphatic heterocycles. The van der Waals surface area contributed by atoms with Gasteiger partial charge < -0.3 is 4.90 Å². The number of hydrogen-bond donors (Lipinski definition) is 0. The van der Waals surface area contributed by atoms with Crippen molar-refractivity contribution < 1.29 is 0 Å². The molecule has 4 aromatic carbocycles. The van der Waals surface area contributed by atoms with Crippen LogP contribution in [0.5, 0.6) is 0 Å². The number of nitrogens with zero attached hydrogens (tertiary/aromatic N) is 1. The maximum absolute atomic E-state index is 6.23. The van der Waals surface area contributed by atoms with E-state index in [4.69, 9.17) is 7.85 Å². The predicted molar refractivity (Wildman–Crippen MR) is 145 cm³/mol. The van der Waals surface area contributed by atoms with Crippen molar-refractivity contribution in [2.24, 2.45) is 0 Å². The standard InChI is InChI=1S/C31H32BN/c1-21-17-22(2)30(23(3)18-21)33(26-14-10-13-25(32)19-26)27-15-16-28(24-11-8-7-9-12-24)29(20-27)31(4,5)6/h7-20H,1-6H3. The zero-order valence-corrected chi connectivity index (χ0v) is 20.6. The minimum Gasteiger partial charge on any atom is -0.310 e. The van der Waals surface area contributed by atoms with Gasteiger partial charge in [0, 0.05) is 11.4 Å². The molecule has 0 spiro atoms. The summed E-state index contributed by atoms with van der Waals surface area (Å²) in [6.07, 6.45) is 0. The van der Waals surface area contributed by atoms with Gasteiger partial charge >= 0.3 is 0 Å². The average molecular weight is 429 g/mol. The Kier molecular flexibility index (Phi) is 6.21. The molecule has 164 valence electrons. The summed E-state index contributed by atoms with van der Waals surface area (Å²) < 4.78 is 0. The van der Waals surface area contributed by atoms with Crippen molar-refractivity contribution in [3.63, 3.8) is 0 Å². The number of rotatable bonds is 4. The van der Waals surface area contributed by atoms with Gasteiger partial charge in [-0.15, -0.1) is 0 Å². The van der Waals surface area contributed by atoms with Crippen LogP contribution in [0.15, 0.2) is 84.9 Å². The van der Waals surface area contributed by atoms with Gasteiger partial charge in [0.15, 0.2) is 0 Å². The van der Waals surface area contributed by atoms with Gasteiger partial charge in [0.1, 0.15) is 7.85 Å². The molecule has 4 rings (SSSR count). The molecule has 2 radical (unpaired) electrons. The van der Waals surface area contributed by atoms with E-state index in [0.29, 0.717) is 0 Å². The first kappa shape index (κ1) is 22.9. The molecule has 0 unspecified atom stereocenters. The number of aryl methyl sites for hydroxylation is 3. The monoisotopic (exact) mass is 429 g/mol. The fraction of sp³-hybridized carbons (Fsp3) is 0.226. The third-order valence-corrected chi connectivity index (χ3v) is 6.14. The van der Waals surface area contributed by atoms with Gasteiger partial charge in [-0.25, -0.2) is 0 Å². The Labute approximate surface area is 200 Å². The minimum atomic E-state index is -0.0140. The highest BCUT2D eigenvalue weighted by atomic mass is 15.1. The van der Waals surface area contributed by atoms with Crippen LogP contribution in [-0.4, -0.2) is 7.85 Å². The molecule has 0 fully saturated rings. The Morgan fingerprint density at radius 3 is 1.91 bits per heavy atom. The molecule has 0 aromatic heterocycles. The van der Waals surface area contributed by atoms with Gasteiger partial charge in [-0.3, -0.25) is 0 Å². The first-order chi connectivity index (χ1) is 15.6. The van der Waals surface area contributed by atoms with Crippen LogP contribution < -0.4 is 10.4 Å². The van der Waals surface area contributed by atoms with Crippen LogP contribution in [0.25, 0.3) is 11.1 Å². The Bertz CT molecular complexity index is 1260. The van der Waals surface area contributed by atoms with Crippen molar-refractivity contribution in [2.75, 3.05) is 4.90 Å². The van der Waals surface area contributed by atoms with Crippen molar-refractivity contribution in [1.29, 1.82) is 0 Å². The molecule has 0 N–H and O–H groups in total. The first-order valence-electron chi connectivity index (χ1n) is 11.6. The Morgan fingerprint density at radius 1 is 0.667 bits per heavy atom. The summed E-state index contributed by atoms with van der Waals surface area (Å²) in [7, 11) is 6.23. The van der Waals surface area contributed by atoms with Crippen LogP contribution in [-0.2, 0) is 5.41 Å². The molecular formula is C31H32BN. The largest absolute Gasteiger partial charge is 0.310 e. The maximum Gasteiger partial charge on any atom is 0.113 e. The second kappa shape index (κ2) is 8.94. The Morgan fingerprint density at radius 2 is 1.30 bits per heavy atom. The van der Waals surface area contributed by atoms with Crippen molar-refractivity contribution >= 4 is 30.4 Å². The molecule has 33 heavy (non-hydrogen) atoms. The van der Waals surface area contributed by atoms with Gasteiger partial charge in [0.05, 0.1) is 5.69 Å². The lowest BCUT2D eigenvalue weighted by Crippen LogP contribution is -2.18. The fourth-order valence-electron chi connectivity index (χ4n) is 4.76. The lowest BCUT2D eigenvalue weighted by Gasteiger charge is -2.32. The van der Waals surface area contributed by atoms with E-state index in [1.54, 1.807) is 0 Å². The second-order valence-electron chi connectivity index (χ2n) is 10.0. The Balaban J connectivity index is 1.99. The van der Waals surface area contributed by atoms with Crippen LogP contribution in [0.2, 0.25) is 0 Å². The van der Waals surface area contributed by atoms with E-state index in [1.165, 1.54) is 39.1 Å². The van der Waals surface area contributed by atoms with Crippen LogP contribution in [0, 0.1) is 20.8 Å². The molecule has 0 atom stereocenters. The van der Waals surface area contributed by atoms with E-state index in [9.17, 15) is 0 Å². The number of anilines is 3. The molecule has 0 bridgehead atoms. The molecule has 0 saturated heterocycles. The summed E-state index contributed by atoms with van der Waals surface area (Å²) in [4.78, 5) is 2.35. The summed E-state index contributed by atoms with van der Waals surface area (Å²) in [5.41, 5.74) is 11.8. The van der Waals surface area contributed by atoms with Gasteiger partial charge in [-0.2, -0.15) is 0 Å². The van der Waals surface area contributed by atoms with Crippen molar-refractivity contribution in [2.45, 2.75) is 47.0 Å². The summed E-state index contributed by atoms with van der Waals surface area (Å²) in [6, 6.07) is 30.2. The van der Waals surface area contributed by atoms with Crippen molar-refractivity contribution in [3.05, 3.63) is 107 Å². The lowest BCUT2D eigenvalue weighted by atomic mass is 9.81. The van der Waals surface area contributed by atoms with Crippen LogP contribution >= 0.6 is 0 Å². The first-order valence-corrected chi connectivity index (χ1v) is 11.6. The SMILES string of the molecule is [B]c1cccc(N(c2ccc(-c3ccccc3)c(C(C)(C)C)c2)c2c(C)cc(C)cc2C)c1. The summed E-state index contributed by atoms with van der Waals surface area (Å²) >= 11 is 0. The van der Waals surface area contributed by atoms with Gasteiger partial charge in [0.2, 0.25) is 0 Å². The van der Waals surface area contributed by atoms with Gasteiger partial charge in [0.25, 0.3) is 0 Å². The maximum atomic E-state index is 6.23. The lowest BCUT2D eigenvalue weighted by molar-refractivity contribution is 0.592. The molecule has 1 nitrogen and oxygen atoms in total. The van der Waals surface area contributed by atoms with Crippen LogP contribution in [0.4, 0.5) is 17.1 Å². The van der Waals surface area contributed by atoms with E-state index < -0.39 is 0 Å². The zero-order chi connectivity index (χ0) is 23.8. The molecule has 0 saturated carbocycles. The molecule has 0 aliphatic rings. The minimum absolute atomic E-state index is 0.0140. The zero-order valence-electron chi connectivity index (χ0n) is 20.6. The van der Waals surface area contributed by atoms with Crippen LogP contribution in [0.1, 0.15) is 43.0 Å². The molecule has 4 aromatic rings. The third kappa shape index (κ3) is 4.76. The topological polar surface area (TPSA) is 3.24 Å². The highest BCUT2D eigenvalue weighted by molar-refractivity contribution is 6.32. The van der Waals surface area contributed by atoms with E-state index in [-0.39, 0.29) is 5.41 Å². The summed E-state index contributed by atoms with van der Waals surface area (Å²) in [5, 5.41) is 0. The summed E-state index contributed by atoms with van der Waals surface area (Å²) in [6.45, 7) is 13.4. The highest BCUT2D eigenvalue weighted by Crippen LogP contribution is 2.42. The normalized spacial score (nSPS) is 11.5. The van der Waals surface area contributed by atoms with Crippen molar-refractivity contribution in [1.82, 2.24) is 0 Å². The van der Waals surface area contributed by atoms with Crippen molar-refractivity contribution in [3.8, 4) is 11.1 Å². The quantitative estimate of drug-likeness (QED) is 0.299. The molecule has 0 aliphatic carbocycles. The predicted octanol–water partition coefficient (Wildman–Crippen LogP) is 7.84.